The highest BCUT2D eigenvalue weighted by molar-refractivity contribution is 4.75. The van der Waals surface area contributed by atoms with E-state index in [0.29, 0.717) is 13.2 Å². The molecule has 0 atom stereocenters. The maximum absolute atomic E-state index is 5.73. The lowest BCUT2D eigenvalue weighted by Gasteiger charge is -2.43. The van der Waals surface area contributed by atoms with Crippen molar-refractivity contribution in [3.63, 3.8) is 0 Å². The van der Waals surface area contributed by atoms with E-state index in [1.807, 2.05) is 13.8 Å². The summed E-state index contributed by atoms with van der Waals surface area (Å²) in [6.07, 6.45) is 3.44. The number of ether oxygens (including phenoxy) is 2. The maximum atomic E-state index is 5.73. The molecule has 1 heterocycles. The minimum Gasteiger partial charge on any atom is -0.338 e. The second-order valence-electron chi connectivity index (χ2n) is 3.46. The molecule has 1 rings (SSSR count). The minimum atomic E-state index is -0.429. The second-order valence-corrected chi connectivity index (χ2v) is 3.46. The Balaban J connectivity index is 2.61. The van der Waals surface area contributed by atoms with Crippen LogP contribution in [0.2, 0.25) is 0 Å². The van der Waals surface area contributed by atoms with Crippen molar-refractivity contribution in [1.29, 1.82) is 0 Å². The van der Waals surface area contributed by atoms with Crippen LogP contribution in [0, 0.1) is 0 Å². The summed E-state index contributed by atoms with van der Waals surface area (Å²) in [5.74, 6) is -0.429. The van der Waals surface area contributed by atoms with Gasteiger partial charge in [0, 0.05) is 26.2 Å². The fourth-order valence-corrected chi connectivity index (χ4v) is 1.92. The van der Waals surface area contributed by atoms with Crippen LogP contribution < -0.4 is 0 Å². The summed E-state index contributed by atoms with van der Waals surface area (Å²) in [4.78, 5) is 2.18. The number of hydrogen-bond acceptors (Lipinski definition) is 3. The molecule has 1 fully saturated rings. The normalized spacial score (nSPS) is 23.3. The van der Waals surface area contributed by atoms with Gasteiger partial charge in [-0.3, -0.25) is 4.90 Å². The Hall–Kier alpha value is -0.120. The van der Waals surface area contributed by atoms with Crippen LogP contribution in [0.3, 0.4) is 0 Å². The van der Waals surface area contributed by atoms with Gasteiger partial charge in [-0.2, -0.15) is 0 Å². The van der Waals surface area contributed by atoms with E-state index >= 15 is 0 Å². The first kappa shape index (κ1) is 11.0. The molecule has 1 aliphatic rings. The molecule has 0 unspecified atom stereocenters. The third-order valence-corrected chi connectivity index (χ3v) is 2.56. The first-order valence-corrected chi connectivity index (χ1v) is 5.24. The topological polar surface area (TPSA) is 21.7 Å². The average molecular weight is 187 g/mol. The van der Waals surface area contributed by atoms with Gasteiger partial charge in [0.1, 0.15) is 0 Å². The van der Waals surface area contributed by atoms with Crippen molar-refractivity contribution in [2.75, 3.05) is 26.8 Å². The van der Waals surface area contributed by atoms with Gasteiger partial charge in [-0.15, -0.1) is 0 Å². The van der Waals surface area contributed by atoms with Crippen LogP contribution in [0.15, 0.2) is 0 Å². The van der Waals surface area contributed by atoms with Gasteiger partial charge in [-0.1, -0.05) is 0 Å². The lowest BCUT2D eigenvalue weighted by Crippen LogP contribution is -2.53. The molecule has 0 N–H and O–H groups in total. The Labute approximate surface area is 81.0 Å². The van der Waals surface area contributed by atoms with Crippen LogP contribution >= 0.6 is 0 Å². The van der Waals surface area contributed by atoms with Gasteiger partial charge in [0.05, 0.1) is 0 Å². The predicted molar refractivity (Wildman–Crippen MR) is 52.5 cm³/mol. The molecule has 3 nitrogen and oxygen atoms in total. The van der Waals surface area contributed by atoms with Crippen LogP contribution in [0.25, 0.3) is 0 Å². The predicted octanol–water partition coefficient (Wildman–Crippen LogP) is 1.83. The number of rotatable bonds is 4. The van der Waals surface area contributed by atoms with E-state index in [0.717, 1.165) is 13.0 Å². The zero-order chi connectivity index (χ0) is 9.73. The summed E-state index contributed by atoms with van der Waals surface area (Å²) in [5.41, 5.74) is 0. The Kier molecular flexibility index (Phi) is 4.16. The Morgan fingerprint density at radius 3 is 2.23 bits per heavy atom. The first-order chi connectivity index (χ1) is 6.25. The smallest absolute Gasteiger partial charge is 0.229 e. The van der Waals surface area contributed by atoms with Gasteiger partial charge in [0.25, 0.3) is 0 Å². The van der Waals surface area contributed by atoms with Gasteiger partial charge >= 0.3 is 0 Å². The highest BCUT2D eigenvalue weighted by atomic mass is 16.7. The molecule has 3 heteroatoms. The SMILES string of the molecule is CCOC1(OCC)CCCCN1C. The lowest BCUT2D eigenvalue weighted by molar-refractivity contribution is -0.321. The zero-order valence-corrected chi connectivity index (χ0v) is 9.01. The quantitative estimate of drug-likeness (QED) is 0.627. The van der Waals surface area contributed by atoms with E-state index in [9.17, 15) is 0 Å². The van der Waals surface area contributed by atoms with E-state index in [-0.39, 0.29) is 0 Å². The first-order valence-electron chi connectivity index (χ1n) is 5.24. The Bertz CT molecular complexity index is 138. The number of piperidine rings is 1. The van der Waals surface area contributed by atoms with Crippen molar-refractivity contribution in [3.05, 3.63) is 0 Å². The maximum Gasteiger partial charge on any atom is 0.229 e. The van der Waals surface area contributed by atoms with Crippen molar-refractivity contribution in [3.8, 4) is 0 Å². The van der Waals surface area contributed by atoms with E-state index in [2.05, 4.69) is 11.9 Å². The van der Waals surface area contributed by atoms with Gasteiger partial charge in [-0.05, 0) is 33.7 Å². The van der Waals surface area contributed by atoms with Crippen molar-refractivity contribution in [2.45, 2.75) is 39.0 Å². The molecule has 0 bridgehead atoms. The fourth-order valence-electron chi connectivity index (χ4n) is 1.92. The molecule has 13 heavy (non-hydrogen) atoms. The van der Waals surface area contributed by atoms with E-state index in [4.69, 9.17) is 9.47 Å². The van der Waals surface area contributed by atoms with E-state index in [1.54, 1.807) is 0 Å². The third kappa shape index (κ3) is 2.42. The van der Waals surface area contributed by atoms with Gasteiger partial charge < -0.3 is 9.47 Å². The van der Waals surface area contributed by atoms with E-state index < -0.39 is 5.91 Å². The van der Waals surface area contributed by atoms with Crippen LogP contribution in [-0.2, 0) is 9.47 Å². The largest absolute Gasteiger partial charge is 0.338 e. The van der Waals surface area contributed by atoms with Gasteiger partial charge in [-0.25, -0.2) is 0 Å². The molecule has 0 aromatic carbocycles. The molecule has 1 aliphatic heterocycles. The summed E-state index contributed by atoms with van der Waals surface area (Å²) in [6.45, 7) is 6.53. The molecule has 0 aromatic rings. The van der Waals surface area contributed by atoms with Crippen molar-refractivity contribution < 1.29 is 9.47 Å². The molecule has 0 radical (unpaired) electrons. The Morgan fingerprint density at radius 1 is 1.15 bits per heavy atom. The number of hydrogen-bond donors (Lipinski definition) is 0. The molecule has 0 aliphatic carbocycles. The Morgan fingerprint density at radius 2 is 1.77 bits per heavy atom. The molecule has 0 aromatic heterocycles. The summed E-state index contributed by atoms with van der Waals surface area (Å²) in [5, 5.41) is 0. The minimum absolute atomic E-state index is 0.429. The van der Waals surface area contributed by atoms with E-state index in [1.165, 1.54) is 12.8 Å². The van der Waals surface area contributed by atoms with Crippen LogP contribution in [0.5, 0.6) is 0 Å². The molecular weight excluding hydrogens is 166 g/mol. The van der Waals surface area contributed by atoms with Crippen molar-refractivity contribution in [2.24, 2.45) is 0 Å². The molecule has 0 saturated carbocycles. The van der Waals surface area contributed by atoms with Crippen molar-refractivity contribution >= 4 is 0 Å². The highest BCUT2D eigenvalue weighted by Gasteiger charge is 2.38. The standard InChI is InChI=1S/C10H21NO2/c1-4-12-10(13-5-2)8-6-7-9-11(10)3/h4-9H2,1-3H3. The monoisotopic (exact) mass is 187 g/mol. The second kappa shape index (κ2) is 4.94. The molecular formula is C10H21NO2. The average Bonchev–Trinajstić information content (AvgIpc) is 2.11. The molecule has 0 spiro atoms. The van der Waals surface area contributed by atoms with Crippen LogP contribution in [-0.4, -0.2) is 37.6 Å². The molecule has 1 saturated heterocycles. The summed E-state index contributed by atoms with van der Waals surface area (Å²) in [6, 6.07) is 0. The summed E-state index contributed by atoms with van der Waals surface area (Å²) < 4.78 is 11.5. The van der Waals surface area contributed by atoms with Crippen molar-refractivity contribution in [1.82, 2.24) is 4.90 Å². The lowest BCUT2D eigenvalue weighted by atomic mass is 10.1. The summed E-state index contributed by atoms with van der Waals surface area (Å²) in [7, 11) is 2.07. The fraction of sp³-hybridized carbons (Fsp3) is 1.00. The van der Waals surface area contributed by atoms with Crippen LogP contribution in [0.4, 0.5) is 0 Å². The highest BCUT2D eigenvalue weighted by Crippen LogP contribution is 2.29. The zero-order valence-electron chi connectivity index (χ0n) is 9.01. The molecule has 0 amide bonds. The summed E-state index contributed by atoms with van der Waals surface area (Å²) >= 11 is 0. The van der Waals surface area contributed by atoms with Gasteiger partial charge in [0.15, 0.2) is 0 Å². The number of likely N-dealkylation sites (tertiary alicyclic amines) is 1. The van der Waals surface area contributed by atoms with Crippen LogP contribution in [0.1, 0.15) is 33.1 Å². The van der Waals surface area contributed by atoms with Gasteiger partial charge in [0.2, 0.25) is 5.91 Å². The third-order valence-electron chi connectivity index (χ3n) is 2.56. The number of nitrogens with zero attached hydrogens (tertiary/aromatic N) is 1. The molecule has 78 valence electrons.